The van der Waals surface area contributed by atoms with E-state index in [2.05, 4.69) is 10.3 Å². The number of H-pyrrole nitrogens is 1. The van der Waals surface area contributed by atoms with Crippen LogP contribution in [0.1, 0.15) is 12.8 Å². The smallest absolute Gasteiger partial charge is 0.272 e. The summed E-state index contributed by atoms with van der Waals surface area (Å²) in [5.41, 5.74) is 3.36. The van der Waals surface area contributed by atoms with Gasteiger partial charge in [0.15, 0.2) is 0 Å². The van der Waals surface area contributed by atoms with Crippen molar-refractivity contribution in [3.8, 4) is 22.6 Å². The summed E-state index contributed by atoms with van der Waals surface area (Å²) < 4.78 is 10.7. The predicted octanol–water partition coefficient (Wildman–Crippen LogP) is 5.72. The molecule has 7 nitrogen and oxygen atoms in total. The third-order valence-electron chi connectivity index (χ3n) is 6.79. The highest BCUT2D eigenvalue weighted by Gasteiger charge is 2.30. The molecule has 8 heteroatoms. The number of carbonyl (C=O) groups is 1. The molecule has 2 N–H and O–H groups in total. The van der Waals surface area contributed by atoms with E-state index in [0.717, 1.165) is 22.9 Å². The van der Waals surface area contributed by atoms with Crippen molar-refractivity contribution in [2.45, 2.75) is 12.8 Å². The van der Waals surface area contributed by atoms with Gasteiger partial charge in [0.25, 0.3) is 5.56 Å². The fourth-order valence-corrected chi connectivity index (χ4v) is 5.17. The van der Waals surface area contributed by atoms with E-state index in [9.17, 15) is 9.59 Å². The highest BCUT2D eigenvalue weighted by Crippen LogP contribution is 2.37. The number of halogens is 1. The SMILES string of the molecule is COc1ccc(OC)c(NC(=O)C2CCCN(c3c(-c4ccccc4)c4cc(Cl)ccc4[nH]c3=O)C2)c1. The summed E-state index contributed by atoms with van der Waals surface area (Å²) in [5.74, 6) is 0.728. The molecule has 1 saturated heterocycles. The van der Waals surface area contributed by atoms with Crippen LogP contribution in [0.2, 0.25) is 5.02 Å². The number of ether oxygens (including phenoxy) is 2. The van der Waals surface area contributed by atoms with E-state index < -0.39 is 0 Å². The Bertz CT molecular complexity index is 1500. The highest BCUT2D eigenvalue weighted by atomic mass is 35.5. The Morgan fingerprint density at radius 3 is 2.62 bits per heavy atom. The van der Waals surface area contributed by atoms with E-state index in [1.165, 1.54) is 0 Å². The molecule has 0 bridgehead atoms. The van der Waals surface area contributed by atoms with Crippen molar-refractivity contribution >= 4 is 39.8 Å². The third kappa shape index (κ3) is 5.00. The molecular weight excluding hydrogens is 490 g/mol. The van der Waals surface area contributed by atoms with E-state index >= 15 is 0 Å². The van der Waals surface area contributed by atoms with Crippen molar-refractivity contribution < 1.29 is 14.3 Å². The fourth-order valence-electron chi connectivity index (χ4n) is 4.99. The molecule has 0 aliphatic carbocycles. The monoisotopic (exact) mass is 517 g/mol. The molecule has 1 aliphatic heterocycles. The van der Waals surface area contributed by atoms with Crippen LogP contribution in [0.25, 0.3) is 22.0 Å². The zero-order valence-corrected chi connectivity index (χ0v) is 21.5. The van der Waals surface area contributed by atoms with Crippen LogP contribution < -0.4 is 25.2 Å². The van der Waals surface area contributed by atoms with E-state index in [1.54, 1.807) is 38.5 Å². The number of hydrogen-bond acceptors (Lipinski definition) is 5. The maximum absolute atomic E-state index is 13.5. The van der Waals surface area contributed by atoms with Gasteiger partial charge in [0.05, 0.1) is 25.8 Å². The molecule has 1 amide bonds. The summed E-state index contributed by atoms with van der Waals surface area (Å²) in [4.78, 5) is 31.9. The Morgan fingerprint density at radius 2 is 1.86 bits per heavy atom. The lowest BCUT2D eigenvalue weighted by atomic mass is 9.93. The Morgan fingerprint density at radius 1 is 1.05 bits per heavy atom. The first-order chi connectivity index (χ1) is 18.0. The first kappa shape index (κ1) is 24.7. The van der Waals surface area contributed by atoms with Crippen molar-refractivity contribution in [2.24, 2.45) is 5.92 Å². The van der Waals surface area contributed by atoms with Gasteiger partial charge in [-0.2, -0.15) is 0 Å². The van der Waals surface area contributed by atoms with E-state index in [4.69, 9.17) is 21.1 Å². The number of nitrogens with one attached hydrogen (secondary N) is 2. The maximum atomic E-state index is 13.5. The average molecular weight is 518 g/mol. The van der Waals surface area contributed by atoms with Crippen molar-refractivity contribution in [3.63, 3.8) is 0 Å². The topological polar surface area (TPSA) is 83.7 Å². The second-order valence-electron chi connectivity index (χ2n) is 9.07. The number of pyridine rings is 1. The molecule has 1 unspecified atom stereocenters. The van der Waals surface area contributed by atoms with Gasteiger partial charge >= 0.3 is 0 Å². The van der Waals surface area contributed by atoms with Gasteiger partial charge < -0.3 is 24.7 Å². The van der Waals surface area contributed by atoms with Gasteiger partial charge in [0, 0.05) is 40.6 Å². The van der Waals surface area contributed by atoms with E-state index in [1.807, 2.05) is 47.4 Å². The van der Waals surface area contributed by atoms with Gasteiger partial charge in [-0.1, -0.05) is 41.9 Å². The minimum atomic E-state index is -0.317. The number of amides is 1. The summed E-state index contributed by atoms with van der Waals surface area (Å²) >= 11 is 6.37. The highest BCUT2D eigenvalue weighted by molar-refractivity contribution is 6.31. The molecular formula is C29H28ClN3O4. The van der Waals surface area contributed by atoms with Gasteiger partial charge in [-0.15, -0.1) is 0 Å². The van der Waals surface area contributed by atoms with Gasteiger partial charge in [-0.05, 0) is 48.7 Å². The lowest BCUT2D eigenvalue weighted by molar-refractivity contribution is -0.120. The maximum Gasteiger partial charge on any atom is 0.272 e. The molecule has 1 aliphatic rings. The van der Waals surface area contributed by atoms with Crippen molar-refractivity contribution in [1.82, 2.24) is 4.98 Å². The number of hydrogen-bond donors (Lipinski definition) is 2. The standard InChI is InChI=1S/C29H28ClN3O4/c1-36-21-11-13-25(37-2)24(16-21)32-28(34)19-9-6-14-33(17-19)27-26(18-7-4-3-5-8-18)22-15-20(30)10-12-23(22)31-29(27)35/h3-5,7-8,10-13,15-16,19H,6,9,14,17H2,1-2H3,(H,31,35)(H,32,34). The third-order valence-corrected chi connectivity index (χ3v) is 7.02. The van der Waals surface area contributed by atoms with Crippen LogP contribution >= 0.6 is 11.6 Å². The Hall–Kier alpha value is -3.97. The number of nitrogens with zero attached hydrogens (tertiary/aromatic N) is 1. The summed E-state index contributed by atoms with van der Waals surface area (Å²) in [7, 11) is 3.13. The fraction of sp³-hybridized carbons (Fsp3) is 0.241. The van der Waals surface area contributed by atoms with Crippen molar-refractivity contribution in [2.75, 3.05) is 37.5 Å². The Labute approximate surface area is 220 Å². The molecule has 4 aromatic rings. The number of fused-ring (bicyclic) bond motifs is 1. The van der Waals surface area contributed by atoms with Crippen molar-refractivity contribution in [3.05, 3.63) is 82.1 Å². The molecule has 37 heavy (non-hydrogen) atoms. The number of anilines is 2. The number of carbonyl (C=O) groups excluding carboxylic acids is 1. The normalized spacial score (nSPS) is 15.4. The second-order valence-corrected chi connectivity index (χ2v) is 9.51. The Balaban J connectivity index is 1.51. The Kier molecular flexibility index (Phi) is 7.06. The minimum Gasteiger partial charge on any atom is -0.497 e. The summed E-state index contributed by atoms with van der Waals surface area (Å²) in [6, 6.07) is 20.6. The van der Waals surface area contributed by atoms with Crippen LogP contribution in [0.3, 0.4) is 0 Å². The van der Waals surface area contributed by atoms with E-state index in [-0.39, 0.29) is 17.4 Å². The lowest BCUT2D eigenvalue weighted by Crippen LogP contribution is -2.43. The van der Waals surface area contributed by atoms with Gasteiger partial charge in [-0.3, -0.25) is 9.59 Å². The molecule has 0 radical (unpaired) electrons. The first-order valence-electron chi connectivity index (χ1n) is 12.2. The number of aromatic amines is 1. The zero-order valence-electron chi connectivity index (χ0n) is 20.7. The van der Waals surface area contributed by atoms with Crippen LogP contribution in [0.15, 0.2) is 71.5 Å². The molecule has 190 valence electrons. The van der Waals surface area contributed by atoms with Crippen LogP contribution in [0.5, 0.6) is 11.5 Å². The van der Waals surface area contributed by atoms with Crippen LogP contribution in [-0.4, -0.2) is 38.2 Å². The number of rotatable bonds is 6. The largest absolute Gasteiger partial charge is 0.497 e. The number of methoxy groups -OCH3 is 2. The van der Waals surface area contributed by atoms with Crippen LogP contribution in [0, 0.1) is 5.92 Å². The summed E-state index contributed by atoms with van der Waals surface area (Å²) in [5, 5.41) is 4.45. The first-order valence-corrected chi connectivity index (χ1v) is 12.5. The molecule has 2 heterocycles. The van der Waals surface area contributed by atoms with Crippen LogP contribution in [0.4, 0.5) is 11.4 Å². The average Bonchev–Trinajstić information content (AvgIpc) is 2.93. The molecule has 1 fully saturated rings. The molecule has 1 atom stereocenters. The minimum absolute atomic E-state index is 0.127. The van der Waals surface area contributed by atoms with Gasteiger partial charge in [-0.25, -0.2) is 0 Å². The van der Waals surface area contributed by atoms with Crippen LogP contribution in [-0.2, 0) is 4.79 Å². The molecule has 3 aromatic carbocycles. The molecule has 1 aromatic heterocycles. The number of aromatic nitrogens is 1. The summed E-state index contributed by atoms with van der Waals surface area (Å²) in [6.45, 7) is 1.08. The van der Waals surface area contributed by atoms with Crippen molar-refractivity contribution in [1.29, 1.82) is 0 Å². The molecule has 0 saturated carbocycles. The van der Waals surface area contributed by atoms with Gasteiger partial charge in [0.1, 0.15) is 17.2 Å². The zero-order chi connectivity index (χ0) is 25.9. The van der Waals surface area contributed by atoms with Gasteiger partial charge in [0.2, 0.25) is 5.91 Å². The molecule has 5 rings (SSSR count). The predicted molar refractivity (Wildman–Crippen MR) is 148 cm³/mol. The number of benzene rings is 3. The lowest BCUT2D eigenvalue weighted by Gasteiger charge is -2.34. The quantitative estimate of drug-likeness (QED) is 0.342. The second kappa shape index (κ2) is 10.6. The summed E-state index contributed by atoms with van der Waals surface area (Å²) in [6.07, 6.45) is 1.49. The molecule has 0 spiro atoms. The number of piperidine rings is 1. The van der Waals surface area contributed by atoms with E-state index in [0.29, 0.717) is 52.9 Å².